The highest BCUT2D eigenvalue weighted by molar-refractivity contribution is 7.90. The monoisotopic (exact) mass is 421 g/mol. The van der Waals surface area contributed by atoms with Crippen molar-refractivity contribution in [2.75, 3.05) is 11.9 Å². The Hall–Kier alpha value is -1.93. The van der Waals surface area contributed by atoms with Gasteiger partial charge < -0.3 is 5.32 Å². The van der Waals surface area contributed by atoms with Crippen molar-refractivity contribution >= 4 is 27.5 Å². The minimum absolute atomic E-state index is 0.0179. The van der Waals surface area contributed by atoms with Crippen molar-refractivity contribution in [3.8, 4) is 0 Å². The van der Waals surface area contributed by atoms with Crippen LogP contribution in [0.2, 0.25) is 0 Å². The molecule has 0 unspecified atom stereocenters. The fourth-order valence-corrected chi connectivity index (χ4v) is 4.93. The SMILES string of the molecule is CC(C)N1C(=O)c2ccc(NC[C@H]3CC[C@H](NS(=O)(=O)C(C)C)CC3)cc2C1=O. The number of fused-ring (bicyclic) bond motifs is 1. The average Bonchev–Trinajstić information content (AvgIpc) is 2.91. The van der Waals surface area contributed by atoms with Gasteiger partial charge in [-0.15, -0.1) is 0 Å². The van der Waals surface area contributed by atoms with Gasteiger partial charge >= 0.3 is 0 Å². The number of carbonyl (C=O) groups is 2. The van der Waals surface area contributed by atoms with Gasteiger partial charge in [0.1, 0.15) is 0 Å². The van der Waals surface area contributed by atoms with E-state index in [4.69, 9.17) is 0 Å². The molecule has 0 atom stereocenters. The summed E-state index contributed by atoms with van der Waals surface area (Å²) in [5, 5.41) is 2.97. The van der Waals surface area contributed by atoms with E-state index < -0.39 is 15.3 Å². The number of rotatable bonds is 7. The van der Waals surface area contributed by atoms with Crippen LogP contribution in [0.5, 0.6) is 0 Å². The first kappa shape index (κ1) is 21.8. The Morgan fingerprint density at radius 3 is 2.21 bits per heavy atom. The maximum Gasteiger partial charge on any atom is 0.261 e. The number of nitrogens with one attached hydrogen (secondary N) is 2. The number of imide groups is 1. The summed E-state index contributed by atoms with van der Waals surface area (Å²) in [4.78, 5) is 26.2. The van der Waals surface area contributed by atoms with Crippen LogP contribution in [0.1, 0.15) is 74.1 Å². The molecule has 1 aromatic rings. The Labute approximate surface area is 173 Å². The number of carbonyl (C=O) groups excluding carboxylic acids is 2. The van der Waals surface area contributed by atoms with Gasteiger partial charge in [0.15, 0.2) is 0 Å². The van der Waals surface area contributed by atoms with Crippen LogP contribution in [0.4, 0.5) is 5.69 Å². The molecule has 1 fully saturated rings. The van der Waals surface area contributed by atoms with Crippen LogP contribution in [0.15, 0.2) is 18.2 Å². The average molecular weight is 422 g/mol. The second-order valence-corrected chi connectivity index (χ2v) is 10.9. The molecular formula is C21H31N3O4S. The second kappa shape index (κ2) is 8.44. The second-order valence-electron chi connectivity index (χ2n) is 8.64. The molecule has 7 nitrogen and oxygen atoms in total. The summed E-state index contributed by atoms with van der Waals surface area (Å²) in [5.74, 6) is -0.0112. The Balaban J connectivity index is 1.54. The molecule has 1 heterocycles. The van der Waals surface area contributed by atoms with Crippen molar-refractivity contribution < 1.29 is 18.0 Å². The molecule has 2 amide bonds. The van der Waals surface area contributed by atoms with E-state index in [1.165, 1.54) is 4.90 Å². The van der Waals surface area contributed by atoms with Crippen molar-refractivity contribution in [2.45, 2.75) is 70.7 Å². The van der Waals surface area contributed by atoms with Crippen LogP contribution in [0, 0.1) is 5.92 Å². The zero-order valence-corrected chi connectivity index (χ0v) is 18.4. The van der Waals surface area contributed by atoms with E-state index in [9.17, 15) is 18.0 Å². The molecule has 0 bridgehead atoms. The number of anilines is 1. The van der Waals surface area contributed by atoms with Crippen LogP contribution < -0.4 is 10.0 Å². The molecule has 0 spiro atoms. The van der Waals surface area contributed by atoms with Crippen molar-refractivity contribution in [3.63, 3.8) is 0 Å². The Bertz CT molecular complexity index is 887. The summed E-state index contributed by atoms with van der Waals surface area (Å²) in [7, 11) is -3.23. The van der Waals surface area contributed by atoms with E-state index in [0.29, 0.717) is 17.0 Å². The van der Waals surface area contributed by atoms with Crippen LogP contribution in [0.25, 0.3) is 0 Å². The predicted molar refractivity (Wildman–Crippen MR) is 114 cm³/mol. The Morgan fingerprint density at radius 2 is 1.62 bits per heavy atom. The zero-order chi connectivity index (χ0) is 21.3. The molecule has 29 heavy (non-hydrogen) atoms. The first-order valence-electron chi connectivity index (χ1n) is 10.4. The van der Waals surface area contributed by atoms with E-state index in [-0.39, 0.29) is 23.9 Å². The van der Waals surface area contributed by atoms with Crippen molar-refractivity contribution in [1.82, 2.24) is 9.62 Å². The molecule has 8 heteroatoms. The van der Waals surface area contributed by atoms with E-state index in [1.807, 2.05) is 19.9 Å². The van der Waals surface area contributed by atoms with E-state index in [1.54, 1.807) is 26.0 Å². The lowest BCUT2D eigenvalue weighted by molar-refractivity contribution is 0.0609. The van der Waals surface area contributed by atoms with Gasteiger partial charge in [-0.1, -0.05) is 0 Å². The number of nitrogens with zero attached hydrogens (tertiary/aromatic N) is 1. The third-order valence-corrected chi connectivity index (χ3v) is 7.73. The molecule has 1 aliphatic carbocycles. The minimum atomic E-state index is -3.23. The number of hydrogen-bond donors (Lipinski definition) is 2. The van der Waals surface area contributed by atoms with E-state index in [2.05, 4.69) is 10.0 Å². The van der Waals surface area contributed by atoms with E-state index >= 15 is 0 Å². The molecule has 2 aliphatic rings. The molecule has 3 rings (SSSR count). The molecule has 1 saturated carbocycles. The molecule has 0 saturated heterocycles. The maximum absolute atomic E-state index is 12.5. The zero-order valence-electron chi connectivity index (χ0n) is 17.6. The molecule has 1 aromatic carbocycles. The van der Waals surface area contributed by atoms with Gasteiger partial charge in [0.25, 0.3) is 11.8 Å². The number of benzene rings is 1. The van der Waals surface area contributed by atoms with Crippen molar-refractivity contribution in [1.29, 1.82) is 0 Å². The van der Waals surface area contributed by atoms with Crippen molar-refractivity contribution in [2.24, 2.45) is 5.92 Å². The lowest BCUT2D eigenvalue weighted by atomic mass is 9.86. The third kappa shape index (κ3) is 4.64. The number of sulfonamides is 1. The predicted octanol–water partition coefficient (Wildman–Crippen LogP) is 2.99. The molecule has 0 radical (unpaired) electrons. The van der Waals surface area contributed by atoms with Crippen LogP contribution in [-0.4, -0.2) is 49.0 Å². The number of hydrogen-bond acceptors (Lipinski definition) is 5. The lowest BCUT2D eigenvalue weighted by Gasteiger charge is -2.29. The number of amides is 2. The van der Waals surface area contributed by atoms with E-state index in [0.717, 1.165) is 37.9 Å². The summed E-state index contributed by atoms with van der Waals surface area (Å²) in [5.41, 5.74) is 1.76. The van der Waals surface area contributed by atoms with Crippen molar-refractivity contribution in [3.05, 3.63) is 29.3 Å². The van der Waals surface area contributed by atoms with Gasteiger partial charge in [-0.05, 0) is 77.5 Å². The molecule has 0 aromatic heterocycles. The standard InChI is InChI=1S/C21H31N3O4S/c1-13(2)24-20(25)18-10-9-17(11-19(18)21(24)26)22-12-15-5-7-16(8-6-15)23-29(27,28)14(3)4/h9-11,13-16,22-23H,5-8,12H2,1-4H3/t15-,16-. The first-order valence-corrected chi connectivity index (χ1v) is 11.9. The maximum atomic E-state index is 12.5. The Kier molecular flexibility index (Phi) is 6.33. The Morgan fingerprint density at radius 1 is 1.00 bits per heavy atom. The smallest absolute Gasteiger partial charge is 0.261 e. The fraction of sp³-hybridized carbons (Fsp3) is 0.619. The minimum Gasteiger partial charge on any atom is -0.385 e. The lowest BCUT2D eigenvalue weighted by Crippen LogP contribution is -2.41. The summed E-state index contributed by atoms with van der Waals surface area (Å²) < 4.78 is 26.9. The quantitative estimate of drug-likeness (QED) is 0.660. The van der Waals surface area contributed by atoms with Gasteiger partial charge in [0.05, 0.1) is 16.4 Å². The van der Waals surface area contributed by atoms with Gasteiger partial charge in [0.2, 0.25) is 10.0 Å². The van der Waals surface area contributed by atoms with Gasteiger partial charge in [-0.2, -0.15) is 0 Å². The normalized spacial score (nSPS) is 22.5. The van der Waals surface area contributed by atoms with Crippen LogP contribution in [-0.2, 0) is 10.0 Å². The summed E-state index contributed by atoms with van der Waals surface area (Å²) in [6.07, 6.45) is 3.56. The highest BCUT2D eigenvalue weighted by Crippen LogP contribution is 2.29. The van der Waals surface area contributed by atoms with Crippen LogP contribution in [0.3, 0.4) is 0 Å². The largest absolute Gasteiger partial charge is 0.385 e. The van der Waals surface area contributed by atoms with Gasteiger partial charge in [0, 0.05) is 24.3 Å². The molecule has 2 N–H and O–H groups in total. The fourth-order valence-electron chi connectivity index (χ4n) is 3.95. The summed E-state index contributed by atoms with van der Waals surface area (Å²) in [6, 6.07) is 5.18. The van der Waals surface area contributed by atoms with Crippen LogP contribution >= 0.6 is 0 Å². The van der Waals surface area contributed by atoms with Gasteiger partial charge in [-0.25, -0.2) is 13.1 Å². The highest BCUT2D eigenvalue weighted by atomic mass is 32.2. The molecular weight excluding hydrogens is 390 g/mol. The summed E-state index contributed by atoms with van der Waals surface area (Å²) in [6.45, 7) is 7.80. The highest BCUT2D eigenvalue weighted by Gasteiger charge is 2.37. The third-order valence-electron chi connectivity index (χ3n) is 5.83. The molecule has 160 valence electrons. The van der Waals surface area contributed by atoms with Gasteiger partial charge in [-0.3, -0.25) is 14.5 Å². The topological polar surface area (TPSA) is 95.6 Å². The summed E-state index contributed by atoms with van der Waals surface area (Å²) >= 11 is 0. The molecule has 1 aliphatic heterocycles. The first-order chi connectivity index (χ1) is 13.6.